The number of thioether (sulfide) groups is 1. The van der Waals surface area contributed by atoms with E-state index in [1.807, 2.05) is 48.5 Å². The highest BCUT2D eigenvalue weighted by atomic mass is 35.5. The van der Waals surface area contributed by atoms with Crippen LogP contribution in [0.1, 0.15) is 18.1 Å². The first kappa shape index (κ1) is 22.0. The Hall–Kier alpha value is -3.16. The molecule has 0 fully saturated rings. The third-order valence-corrected chi connectivity index (χ3v) is 6.19. The second-order valence-corrected chi connectivity index (χ2v) is 8.44. The number of aromatic nitrogens is 2. The molecule has 0 aliphatic heterocycles. The summed E-state index contributed by atoms with van der Waals surface area (Å²) in [5, 5.41) is 5.52. The Morgan fingerprint density at radius 1 is 1.09 bits per heavy atom. The number of carbonyl (C=O) groups is 1. The molecule has 1 amide bonds. The van der Waals surface area contributed by atoms with Crippen LogP contribution in [0.4, 0.5) is 4.39 Å². The van der Waals surface area contributed by atoms with Crippen molar-refractivity contribution in [1.29, 1.82) is 0 Å². The number of fused-ring (bicyclic) bond motifs is 1. The van der Waals surface area contributed by atoms with Crippen molar-refractivity contribution in [1.82, 2.24) is 15.0 Å². The fourth-order valence-electron chi connectivity index (χ4n) is 3.18. The lowest BCUT2D eigenvalue weighted by molar-refractivity contribution is -0.118. The number of carbonyl (C=O) groups excluding carboxylic acids is 1. The molecule has 0 aliphatic rings. The highest BCUT2D eigenvalue weighted by Crippen LogP contribution is 2.27. The van der Waals surface area contributed by atoms with Gasteiger partial charge >= 0.3 is 0 Å². The smallest absolute Gasteiger partial charge is 0.250 e. The summed E-state index contributed by atoms with van der Waals surface area (Å²) in [7, 11) is 0. The standard InChI is InChI=1S/C24H20ClFN4OS/c1-16(17-10-12-19(26)13-11-17)28-29-23(31)15-32-24-27-21-8-4-5-9-22(21)30(24)14-18-6-2-3-7-20(18)25/h2-13H,14-15H2,1H3,(H,29,31). The summed E-state index contributed by atoms with van der Waals surface area (Å²) >= 11 is 7.70. The van der Waals surface area contributed by atoms with Crippen molar-refractivity contribution in [3.63, 3.8) is 0 Å². The largest absolute Gasteiger partial charge is 0.314 e. The molecule has 162 valence electrons. The summed E-state index contributed by atoms with van der Waals surface area (Å²) < 4.78 is 15.1. The number of hydrogen-bond acceptors (Lipinski definition) is 4. The molecule has 4 rings (SSSR count). The van der Waals surface area contributed by atoms with Gasteiger partial charge in [-0.15, -0.1) is 0 Å². The van der Waals surface area contributed by atoms with Gasteiger partial charge in [0.1, 0.15) is 5.82 Å². The number of para-hydroxylation sites is 2. The maximum atomic E-state index is 13.1. The molecule has 4 aromatic rings. The van der Waals surface area contributed by atoms with Gasteiger partial charge in [-0.05, 0) is 48.4 Å². The minimum absolute atomic E-state index is 0.145. The van der Waals surface area contributed by atoms with Crippen LogP contribution in [0.15, 0.2) is 83.1 Å². The van der Waals surface area contributed by atoms with Gasteiger partial charge in [0.05, 0.1) is 29.0 Å². The summed E-state index contributed by atoms with van der Waals surface area (Å²) in [6.07, 6.45) is 0. The number of imidazole rings is 1. The average Bonchev–Trinajstić information content (AvgIpc) is 3.15. The van der Waals surface area contributed by atoms with E-state index in [9.17, 15) is 9.18 Å². The Morgan fingerprint density at radius 2 is 1.81 bits per heavy atom. The van der Waals surface area contributed by atoms with Gasteiger partial charge in [0.15, 0.2) is 5.16 Å². The van der Waals surface area contributed by atoms with Crippen LogP contribution in [0, 0.1) is 5.82 Å². The molecule has 32 heavy (non-hydrogen) atoms. The van der Waals surface area contributed by atoms with Crippen LogP contribution in [0.3, 0.4) is 0 Å². The quantitative estimate of drug-likeness (QED) is 0.222. The van der Waals surface area contributed by atoms with Crippen molar-refractivity contribution in [3.8, 4) is 0 Å². The molecule has 0 unspecified atom stereocenters. The summed E-state index contributed by atoms with van der Waals surface area (Å²) in [6.45, 7) is 2.30. The second kappa shape index (κ2) is 9.97. The van der Waals surface area contributed by atoms with Crippen LogP contribution in [0.5, 0.6) is 0 Å². The van der Waals surface area contributed by atoms with Gasteiger partial charge in [0.25, 0.3) is 5.91 Å². The second-order valence-electron chi connectivity index (χ2n) is 7.09. The van der Waals surface area contributed by atoms with E-state index in [-0.39, 0.29) is 17.5 Å². The highest BCUT2D eigenvalue weighted by molar-refractivity contribution is 7.99. The SMILES string of the molecule is CC(=NNC(=O)CSc1nc2ccccc2n1Cc1ccccc1Cl)c1ccc(F)cc1. The molecule has 0 spiro atoms. The van der Waals surface area contributed by atoms with Gasteiger partial charge in [-0.3, -0.25) is 4.79 Å². The molecule has 0 atom stereocenters. The average molecular weight is 467 g/mol. The van der Waals surface area contributed by atoms with Crippen LogP contribution in [-0.4, -0.2) is 26.9 Å². The van der Waals surface area contributed by atoms with Gasteiger partial charge in [-0.1, -0.05) is 65.8 Å². The lowest BCUT2D eigenvalue weighted by atomic mass is 10.1. The predicted molar refractivity (Wildman–Crippen MR) is 128 cm³/mol. The molecule has 3 aromatic carbocycles. The minimum Gasteiger partial charge on any atom is -0.314 e. The van der Waals surface area contributed by atoms with Crippen molar-refractivity contribution >= 4 is 46.0 Å². The summed E-state index contributed by atoms with van der Waals surface area (Å²) in [4.78, 5) is 17.1. The first-order chi connectivity index (χ1) is 15.5. The van der Waals surface area contributed by atoms with E-state index >= 15 is 0 Å². The molecule has 0 saturated carbocycles. The van der Waals surface area contributed by atoms with Gasteiger partial charge in [-0.25, -0.2) is 14.8 Å². The van der Waals surface area contributed by atoms with Crippen LogP contribution >= 0.6 is 23.4 Å². The zero-order valence-electron chi connectivity index (χ0n) is 17.3. The van der Waals surface area contributed by atoms with E-state index in [1.165, 1.54) is 23.9 Å². The fourth-order valence-corrected chi connectivity index (χ4v) is 4.18. The highest BCUT2D eigenvalue weighted by Gasteiger charge is 2.14. The van der Waals surface area contributed by atoms with Crippen LogP contribution in [0.2, 0.25) is 5.02 Å². The molecule has 0 bridgehead atoms. The molecule has 1 heterocycles. The fraction of sp³-hybridized carbons (Fsp3) is 0.125. The Balaban J connectivity index is 1.48. The molecular weight excluding hydrogens is 447 g/mol. The topological polar surface area (TPSA) is 59.3 Å². The number of benzene rings is 3. The van der Waals surface area contributed by atoms with E-state index in [0.717, 1.165) is 27.3 Å². The van der Waals surface area contributed by atoms with E-state index < -0.39 is 0 Å². The van der Waals surface area contributed by atoms with Crippen molar-refractivity contribution in [2.24, 2.45) is 5.10 Å². The van der Waals surface area contributed by atoms with Crippen LogP contribution < -0.4 is 5.43 Å². The van der Waals surface area contributed by atoms with E-state index in [2.05, 4.69) is 15.1 Å². The van der Waals surface area contributed by atoms with Gasteiger partial charge in [0, 0.05) is 5.02 Å². The lowest BCUT2D eigenvalue weighted by Crippen LogP contribution is -2.21. The van der Waals surface area contributed by atoms with E-state index in [0.29, 0.717) is 17.3 Å². The number of halogens is 2. The summed E-state index contributed by atoms with van der Waals surface area (Å²) in [6, 6.07) is 21.5. The summed E-state index contributed by atoms with van der Waals surface area (Å²) in [5.41, 5.74) is 6.69. The molecular formula is C24H20ClFN4OS. The maximum absolute atomic E-state index is 13.1. The number of nitrogens with one attached hydrogen (secondary N) is 1. The molecule has 0 saturated heterocycles. The Morgan fingerprint density at radius 3 is 2.59 bits per heavy atom. The van der Waals surface area contributed by atoms with Crippen molar-refractivity contribution in [3.05, 3.63) is 94.8 Å². The Labute approximate surface area is 194 Å². The number of hydrazone groups is 1. The number of hydrogen-bond donors (Lipinski definition) is 1. The maximum Gasteiger partial charge on any atom is 0.250 e. The van der Waals surface area contributed by atoms with Gasteiger partial charge in [0.2, 0.25) is 0 Å². The molecule has 0 radical (unpaired) electrons. The minimum atomic E-state index is -0.318. The zero-order valence-corrected chi connectivity index (χ0v) is 18.8. The summed E-state index contributed by atoms with van der Waals surface area (Å²) in [5.74, 6) is -0.430. The van der Waals surface area contributed by atoms with Crippen LogP contribution in [-0.2, 0) is 11.3 Å². The Bertz CT molecular complexity index is 1290. The van der Waals surface area contributed by atoms with Crippen molar-refractivity contribution in [2.45, 2.75) is 18.6 Å². The third-order valence-electron chi connectivity index (χ3n) is 4.85. The van der Waals surface area contributed by atoms with Gasteiger partial charge in [-0.2, -0.15) is 5.10 Å². The van der Waals surface area contributed by atoms with E-state index in [1.54, 1.807) is 19.1 Å². The van der Waals surface area contributed by atoms with Crippen molar-refractivity contribution < 1.29 is 9.18 Å². The molecule has 5 nitrogen and oxygen atoms in total. The normalized spacial score (nSPS) is 11.7. The van der Waals surface area contributed by atoms with Crippen LogP contribution in [0.25, 0.3) is 11.0 Å². The van der Waals surface area contributed by atoms with Gasteiger partial charge < -0.3 is 4.57 Å². The molecule has 1 N–H and O–H groups in total. The first-order valence-corrected chi connectivity index (χ1v) is 11.3. The first-order valence-electron chi connectivity index (χ1n) is 9.92. The number of nitrogens with zero attached hydrogens (tertiary/aromatic N) is 3. The monoisotopic (exact) mass is 466 g/mol. The van der Waals surface area contributed by atoms with Crippen molar-refractivity contribution in [2.75, 3.05) is 5.75 Å². The predicted octanol–water partition coefficient (Wildman–Crippen LogP) is 5.51. The number of rotatable bonds is 7. The van der Waals surface area contributed by atoms with E-state index in [4.69, 9.17) is 16.6 Å². The molecule has 0 aliphatic carbocycles. The molecule has 1 aromatic heterocycles. The number of amides is 1. The lowest BCUT2D eigenvalue weighted by Gasteiger charge is -2.10. The third kappa shape index (κ3) is 5.18. The Kier molecular flexibility index (Phi) is 6.87. The zero-order chi connectivity index (χ0) is 22.5. The molecule has 8 heteroatoms.